The van der Waals surface area contributed by atoms with Gasteiger partial charge in [-0.2, -0.15) is 5.10 Å². The third kappa shape index (κ3) is 2.07. The number of para-hydroxylation sites is 2. The van der Waals surface area contributed by atoms with E-state index in [1.165, 1.54) is 0 Å². The van der Waals surface area contributed by atoms with E-state index < -0.39 is 0 Å². The van der Waals surface area contributed by atoms with Gasteiger partial charge in [-0.3, -0.25) is 9.25 Å². The molecule has 0 fully saturated rings. The molecule has 5 heteroatoms. The molecule has 0 bridgehead atoms. The van der Waals surface area contributed by atoms with Crippen LogP contribution in [0.4, 0.5) is 0 Å². The molecule has 2 heterocycles. The first-order valence-corrected chi connectivity index (χ1v) is 6.27. The smallest absolute Gasteiger partial charge is 0.408 e. The standard InChI is InChI=1S/C14H15N3O2/c1-10(2)17-8-7-11(15-17)9-16-12-5-3-4-6-13(12)19-14(16)18/h3-8,10H,9H2,1-2H3. The second-order valence-electron chi connectivity index (χ2n) is 4.80. The van der Waals surface area contributed by atoms with Crippen LogP contribution in [-0.4, -0.2) is 14.3 Å². The van der Waals surface area contributed by atoms with E-state index in [0.717, 1.165) is 11.2 Å². The van der Waals surface area contributed by atoms with E-state index in [-0.39, 0.29) is 5.76 Å². The molecule has 0 N–H and O–H groups in total. The van der Waals surface area contributed by atoms with Crippen molar-refractivity contribution in [3.8, 4) is 0 Å². The van der Waals surface area contributed by atoms with Gasteiger partial charge in [-0.1, -0.05) is 12.1 Å². The third-order valence-electron chi connectivity index (χ3n) is 3.09. The maximum Gasteiger partial charge on any atom is 0.420 e. The van der Waals surface area contributed by atoms with Crippen LogP contribution < -0.4 is 5.76 Å². The second kappa shape index (κ2) is 4.42. The summed E-state index contributed by atoms with van der Waals surface area (Å²) < 4.78 is 8.68. The molecular weight excluding hydrogens is 242 g/mol. The molecule has 0 amide bonds. The highest BCUT2D eigenvalue weighted by Crippen LogP contribution is 2.13. The molecule has 0 aliphatic carbocycles. The SMILES string of the molecule is CC(C)n1ccc(Cn2c(=O)oc3ccccc32)n1. The molecule has 0 atom stereocenters. The van der Waals surface area contributed by atoms with Crippen LogP contribution in [-0.2, 0) is 6.54 Å². The lowest BCUT2D eigenvalue weighted by atomic mass is 10.3. The number of hydrogen-bond acceptors (Lipinski definition) is 3. The minimum atomic E-state index is -0.347. The van der Waals surface area contributed by atoms with Gasteiger partial charge >= 0.3 is 5.76 Å². The summed E-state index contributed by atoms with van der Waals surface area (Å²) in [6.45, 7) is 4.56. The molecule has 3 rings (SSSR count). The van der Waals surface area contributed by atoms with Crippen LogP contribution in [0.2, 0.25) is 0 Å². The zero-order valence-electron chi connectivity index (χ0n) is 10.9. The van der Waals surface area contributed by atoms with E-state index in [1.54, 1.807) is 10.6 Å². The molecule has 0 saturated carbocycles. The number of oxazole rings is 1. The fraction of sp³-hybridized carbons (Fsp3) is 0.286. The Morgan fingerprint density at radius 3 is 2.79 bits per heavy atom. The zero-order valence-corrected chi connectivity index (χ0v) is 10.9. The van der Waals surface area contributed by atoms with Crippen molar-refractivity contribution >= 4 is 11.1 Å². The number of rotatable bonds is 3. The first-order chi connectivity index (χ1) is 9.15. The third-order valence-corrected chi connectivity index (χ3v) is 3.09. The molecule has 0 spiro atoms. The molecule has 98 valence electrons. The second-order valence-corrected chi connectivity index (χ2v) is 4.80. The molecule has 0 saturated heterocycles. The number of fused-ring (bicyclic) bond motifs is 1. The average molecular weight is 257 g/mol. The van der Waals surface area contributed by atoms with E-state index in [4.69, 9.17) is 4.42 Å². The molecule has 19 heavy (non-hydrogen) atoms. The van der Waals surface area contributed by atoms with Gasteiger partial charge in [0.1, 0.15) is 0 Å². The summed E-state index contributed by atoms with van der Waals surface area (Å²) in [6.07, 6.45) is 1.92. The van der Waals surface area contributed by atoms with Crippen LogP contribution in [0.3, 0.4) is 0 Å². The first-order valence-electron chi connectivity index (χ1n) is 6.27. The Hall–Kier alpha value is -2.30. The topological polar surface area (TPSA) is 53.0 Å². The van der Waals surface area contributed by atoms with Gasteiger partial charge in [0.05, 0.1) is 17.8 Å². The molecule has 1 aromatic carbocycles. The Labute approximate surface area is 110 Å². The van der Waals surface area contributed by atoms with Crippen LogP contribution in [0.1, 0.15) is 25.6 Å². The van der Waals surface area contributed by atoms with Crippen molar-refractivity contribution in [1.29, 1.82) is 0 Å². The summed E-state index contributed by atoms with van der Waals surface area (Å²) in [5.41, 5.74) is 2.25. The van der Waals surface area contributed by atoms with Crippen LogP contribution >= 0.6 is 0 Å². The van der Waals surface area contributed by atoms with Crippen molar-refractivity contribution in [2.75, 3.05) is 0 Å². The predicted molar refractivity (Wildman–Crippen MR) is 72.2 cm³/mol. The van der Waals surface area contributed by atoms with E-state index in [9.17, 15) is 4.79 Å². The summed E-state index contributed by atoms with van der Waals surface area (Å²) in [5, 5.41) is 4.45. The fourth-order valence-corrected chi connectivity index (χ4v) is 2.08. The number of nitrogens with zero attached hydrogens (tertiary/aromatic N) is 3. The maximum absolute atomic E-state index is 11.8. The molecular formula is C14H15N3O2. The van der Waals surface area contributed by atoms with Gasteiger partial charge in [0.15, 0.2) is 5.58 Å². The lowest BCUT2D eigenvalue weighted by molar-refractivity contribution is 0.504. The minimum absolute atomic E-state index is 0.312. The number of aromatic nitrogens is 3. The Morgan fingerprint density at radius 1 is 1.26 bits per heavy atom. The van der Waals surface area contributed by atoms with E-state index in [0.29, 0.717) is 18.2 Å². The van der Waals surface area contributed by atoms with Gasteiger partial charge < -0.3 is 4.42 Å². The molecule has 3 aromatic rings. The van der Waals surface area contributed by atoms with E-state index in [1.807, 2.05) is 35.1 Å². The monoisotopic (exact) mass is 257 g/mol. The Bertz CT molecular complexity index is 764. The van der Waals surface area contributed by atoms with Gasteiger partial charge in [-0.25, -0.2) is 4.79 Å². The maximum atomic E-state index is 11.8. The van der Waals surface area contributed by atoms with E-state index in [2.05, 4.69) is 18.9 Å². The van der Waals surface area contributed by atoms with Crippen LogP contribution in [0.5, 0.6) is 0 Å². The van der Waals surface area contributed by atoms with Crippen molar-refractivity contribution in [1.82, 2.24) is 14.3 Å². The van der Waals surface area contributed by atoms with Crippen LogP contribution in [0.25, 0.3) is 11.1 Å². The fourth-order valence-electron chi connectivity index (χ4n) is 2.08. The molecule has 2 aromatic heterocycles. The van der Waals surface area contributed by atoms with Crippen molar-refractivity contribution in [2.45, 2.75) is 26.4 Å². The summed E-state index contributed by atoms with van der Waals surface area (Å²) >= 11 is 0. The average Bonchev–Trinajstić information content (AvgIpc) is 2.96. The van der Waals surface area contributed by atoms with Crippen molar-refractivity contribution in [2.24, 2.45) is 0 Å². The molecule has 0 unspecified atom stereocenters. The highest BCUT2D eigenvalue weighted by molar-refractivity contribution is 5.72. The lowest BCUT2D eigenvalue weighted by Crippen LogP contribution is -2.15. The van der Waals surface area contributed by atoms with Gasteiger partial charge in [0.2, 0.25) is 0 Å². The highest BCUT2D eigenvalue weighted by Gasteiger charge is 2.10. The normalized spacial score (nSPS) is 11.5. The summed E-state index contributed by atoms with van der Waals surface area (Å²) in [4.78, 5) is 11.8. The van der Waals surface area contributed by atoms with Crippen molar-refractivity contribution in [3.63, 3.8) is 0 Å². The lowest BCUT2D eigenvalue weighted by Gasteiger charge is -2.04. The molecule has 5 nitrogen and oxygen atoms in total. The minimum Gasteiger partial charge on any atom is -0.408 e. The molecule has 0 aliphatic heterocycles. The highest BCUT2D eigenvalue weighted by atomic mass is 16.4. The molecule has 0 aliphatic rings. The van der Waals surface area contributed by atoms with Gasteiger partial charge in [-0.15, -0.1) is 0 Å². The van der Waals surface area contributed by atoms with Gasteiger partial charge in [0.25, 0.3) is 0 Å². The van der Waals surface area contributed by atoms with Gasteiger partial charge in [0, 0.05) is 12.2 Å². The van der Waals surface area contributed by atoms with Gasteiger partial charge in [-0.05, 0) is 32.0 Å². The van der Waals surface area contributed by atoms with Crippen molar-refractivity contribution in [3.05, 3.63) is 52.8 Å². The van der Waals surface area contributed by atoms with Crippen LogP contribution in [0, 0.1) is 0 Å². The molecule has 0 radical (unpaired) electrons. The zero-order chi connectivity index (χ0) is 13.4. The summed E-state index contributed by atoms with van der Waals surface area (Å²) in [7, 11) is 0. The van der Waals surface area contributed by atoms with E-state index >= 15 is 0 Å². The quantitative estimate of drug-likeness (QED) is 0.724. The van der Waals surface area contributed by atoms with Crippen LogP contribution in [0.15, 0.2) is 45.7 Å². The Kier molecular flexibility index (Phi) is 2.74. The number of benzene rings is 1. The predicted octanol–water partition coefficient (Wildman–Crippen LogP) is 2.42. The number of hydrogen-bond donors (Lipinski definition) is 0. The van der Waals surface area contributed by atoms with Crippen molar-refractivity contribution < 1.29 is 4.42 Å². The largest absolute Gasteiger partial charge is 0.420 e. The summed E-state index contributed by atoms with van der Waals surface area (Å²) in [5.74, 6) is -0.347. The Morgan fingerprint density at radius 2 is 2.05 bits per heavy atom. The summed E-state index contributed by atoms with van der Waals surface area (Å²) in [6, 6.07) is 9.64. The first kappa shape index (κ1) is 11.8. The Balaban J connectivity index is 2.00.